The Morgan fingerprint density at radius 2 is 1.52 bits per heavy atom. The van der Waals surface area contributed by atoms with Crippen LogP contribution in [0.4, 0.5) is 22.0 Å². The van der Waals surface area contributed by atoms with Gasteiger partial charge in [-0.15, -0.1) is 0 Å². The van der Waals surface area contributed by atoms with Crippen LogP contribution in [0.5, 0.6) is 0 Å². The molecule has 1 unspecified atom stereocenters. The molecule has 2 aromatic rings. The second-order valence-electron chi connectivity index (χ2n) is 4.72. The molecule has 0 saturated heterocycles. The van der Waals surface area contributed by atoms with Crippen molar-refractivity contribution in [2.24, 2.45) is 5.73 Å². The van der Waals surface area contributed by atoms with Crippen molar-refractivity contribution in [3.63, 3.8) is 0 Å². The van der Waals surface area contributed by atoms with Gasteiger partial charge in [-0.2, -0.15) is 13.2 Å². The standard InChI is InChI=1S/C15H12F5N/c1-8-6-13(17)11(7-12(8)16)14(21)9-2-4-10(5-3-9)15(18,19)20/h2-7,14H,21H2,1H3. The van der Waals surface area contributed by atoms with Crippen LogP contribution >= 0.6 is 0 Å². The summed E-state index contributed by atoms with van der Waals surface area (Å²) < 4.78 is 64.7. The third kappa shape index (κ3) is 3.21. The highest BCUT2D eigenvalue weighted by atomic mass is 19.4. The second kappa shape index (κ2) is 5.44. The van der Waals surface area contributed by atoms with E-state index in [0.717, 1.165) is 36.4 Å². The lowest BCUT2D eigenvalue weighted by Gasteiger charge is -2.15. The van der Waals surface area contributed by atoms with Gasteiger partial charge in [-0.25, -0.2) is 8.78 Å². The first-order valence-electron chi connectivity index (χ1n) is 6.08. The van der Waals surface area contributed by atoms with E-state index >= 15 is 0 Å². The van der Waals surface area contributed by atoms with Crippen LogP contribution < -0.4 is 5.73 Å². The molecule has 0 aliphatic rings. The van der Waals surface area contributed by atoms with Crippen molar-refractivity contribution < 1.29 is 22.0 Å². The van der Waals surface area contributed by atoms with Gasteiger partial charge in [0.1, 0.15) is 11.6 Å². The van der Waals surface area contributed by atoms with Crippen LogP contribution in [0.3, 0.4) is 0 Å². The number of aryl methyl sites for hydroxylation is 1. The minimum Gasteiger partial charge on any atom is -0.320 e. The van der Waals surface area contributed by atoms with Crippen molar-refractivity contribution in [2.45, 2.75) is 19.1 Å². The highest BCUT2D eigenvalue weighted by Gasteiger charge is 2.30. The molecule has 0 bridgehead atoms. The first kappa shape index (κ1) is 15.4. The van der Waals surface area contributed by atoms with E-state index < -0.39 is 29.4 Å². The second-order valence-corrected chi connectivity index (χ2v) is 4.72. The Labute approximate surface area is 118 Å². The lowest BCUT2D eigenvalue weighted by Crippen LogP contribution is -2.15. The molecule has 2 rings (SSSR count). The Bertz CT molecular complexity index is 646. The molecule has 1 nitrogen and oxygen atoms in total. The molecule has 0 amide bonds. The van der Waals surface area contributed by atoms with Gasteiger partial charge in [-0.3, -0.25) is 0 Å². The molecule has 1 atom stereocenters. The van der Waals surface area contributed by atoms with Gasteiger partial charge in [0.05, 0.1) is 11.6 Å². The van der Waals surface area contributed by atoms with Crippen LogP contribution in [-0.4, -0.2) is 0 Å². The predicted octanol–water partition coefficient (Wildman–Crippen LogP) is 4.34. The van der Waals surface area contributed by atoms with Crippen LogP contribution in [0.25, 0.3) is 0 Å². The summed E-state index contributed by atoms with van der Waals surface area (Å²) in [6.45, 7) is 1.41. The van der Waals surface area contributed by atoms with Gasteiger partial charge in [0.25, 0.3) is 0 Å². The monoisotopic (exact) mass is 301 g/mol. The molecule has 0 aromatic heterocycles. The fourth-order valence-electron chi connectivity index (χ4n) is 1.96. The topological polar surface area (TPSA) is 26.0 Å². The fourth-order valence-corrected chi connectivity index (χ4v) is 1.96. The maximum atomic E-state index is 13.8. The molecule has 0 heterocycles. The van der Waals surface area contributed by atoms with Crippen molar-refractivity contribution in [3.05, 3.63) is 70.3 Å². The summed E-state index contributed by atoms with van der Waals surface area (Å²) in [5.41, 5.74) is 5.29. The third-order valence-electron chi connectivity index (χ3n) is 3.21. The number of halogens is 5. The first-order chi connectivity index (χ1) is 9.70. The minimum atomic E-state index is -4.45. The van der Waals surface area contributed by atoms with E-state index in [0.29, 0.717) is 0 Å². The maximum absolute atomic E-state index is 13.8. The van der Waals surface area contributed by atoms with Gasteiger partial charge in [0.2, 0.25) is 0 Å². The lowest BCUT2D eigenvalue weighted by molar-refractivity contribution is -0.137. The summed E-state index contributed by atoms with van der Waals surface area (Å²) in [5.74, 6) is -1.31. The van der Waals surface area contributed by atoms with Crippen LogP contribution in [0, 0.1) is 18.6 Å². The molecule has 2 aromatic carbocycles. The average Bonchev–Trinajstić information content (AvgIpc) is 2.41. The van der Waals surface area contributed by atoms with Crippen LogP contribution in [0.15, 0.2) is 36.4 Å². The summed E-state index contributed by atoms with van der Waals surface area (Å²) in [6.07, 6.45) is -4.45. The smallest absolute Gasteiger partial charge is 0.320 e. The highest BCUT2D eigenvalue weighted by Crippen LogP contribution is 2.31. The van der Waals surface area contributed by atoms with Crippen molar-refractivity contribution in [1.82, 2.24) is 0 Å². The molecule has 2 N–H and O–H groups in total. The van der Waals surface area contributed by atoms with Gasteiger partial charge in [0, 0.05) is 5.56 Å². The van der Waals surface area contributed by atoms with Gasteiger partial charge < -0.3 is 5.73 Å². The van der Waals surface area contributed by atoms with Crippen molar-refractivity contribution >= 4 is 0 Å². The summed E-state index contributed by atoms with van der Waals surface area (Å²) in [4.78, 5) is 0. The Hall–Kier alpha value is -1.95. The fraction of sp³-hybridized carbons (Fsp3) is 0.200. The Balaban J connectivity index is 2.36. The van der Waals surface area contributed by atoms with E-state index in [2.05, 4.69) is 0 Å². The van der Waals surface area contributed by atoms with Gasteiger partial charge in [0.15, 0.2) is 0 Å². The summed E-state index contributed by atoms with van der Waals surface area (Å²) in [6, 6.07) is 4.97. The molecular weight excluding hydrogens is 289 g/mol. The average molecular weight is 301 g/mol. The summed E-state index contributed by atoms with van der Waals surface area (Å²) in [7, 11) is 0. The van der Waals surface area contributed by atoms with E-state index in [9.17, 15) is 22.0 Å². The largest absolute Gasteiger partial charge is 0.416 e. The molecule has 21 heavy (non-hydrogen) atoms. The van der Waals surface area contributed by atoms with Crippen molar-refractivity contribution in [1.29, 1.82) is 0 Å². The molecular formula is C15H12F5N. The maximum Gasteiger partial charge on any atom is 0.416 e. The van der Waals surface area contributed by atoms with Crippen molar-refractivity contribution in [2.75, 3.05) is 0 Å². The predicted molar refractivity (Wildman–Crippen MR) is 68.6 cm³/mol. The molecule has 6 heteroatoms. The van der Waals surface area contributed by atoms with E-state index in [1.54, 1.807) is 0 Å². The quantitative estimate of drug-likeness (QED) is 0.820. The molecule has 0 radical (unpaired) electrons. The van der Waals surface area contributed by atoms with Crippen molar-refractivity contribution in [3.8, 4) is 0 Å². The highest BCUT2D eigenvalue weighted by molar-refractivity contribution is 5.36. The SMILES string of the molecule is Cc1cc(F)c(C(N)c2ccc(C(F)(F)F)cc2)cc1F. The normalized spacial score (nSPS) is 13.3. The molecule has 0 aliphatic carbocycles. The number of hydrogen-bond donors (Lipinski definition) is 1. The van der Waals surface area contributed by atoms with E-state index in [1.807, 2.05) is 0 Å². The number of hydrogen-bond acceptors (Lipinski definition) is 1. The third-order valence-corrected chi connectivity index (χ3v) is 3.21. The zero-order valence-corrected chi connectivity index (χ0v) is 11.0. The van der Waals surface area contributed by atoms with Crippen LogP contribution in [-0.2, 0) is 6.18 Å². The lowest BCUT2D eigenvalue weighted by atomic mass is 9.97. The molecule has 0 aliphatic heterocycles. The Morgan fingerprint density at radius 1 is 0.952 bits per heavy atom. The summed E-state index contributed by atoms with van der Waals surface area (Å²) >= 11 is 0. The number of alkyl halides is 3. The number of rotatable bonds is 2. The Morgan fingerprint density at radius 3 is 2.05 bits per heavy atom. The van der Waals surface area contributed by atoms with Crippen LogP contribution in [0.1, 0.15) is 28.3 Å². The van der Waals surface area contributed by atoms with Gasteiger partial charge >= 0.3 is 6.18 Å². The molecule has 0 fully saturated rings. The first-order valence-corrected chi connectivity index (χ1v) is 6.08. The van der Waals surface area contributed by atoms with E-state index in [4.69, 9.17) is 5.73 Å². The van der Waals surface area contributed by atoms with Crippen LogP contribution in [0.2, 0.25) is 0 Å². The molecule has 0 spiro atoms. The van der Waals surface area contributed by atoms with Gasteiger partial charge in [-0.05, 0) is 42.3 Å². The van der Waals surface area contributed by atoms with E-state index in [1.165, 1.54) is 6.92 Å². The zero-order valence-electron chi connectivity index (χ0n) is 11.0. The zero-order chi connectivity index (χ0) is 15.8. The minimum absolute atomic E-state index is 0.0992. The van der Waals surface area contributed by atoms with Gasteiger partial charge in [-0.1, -0.05) is 12.1 Å². The molecule has 0 saturated carbocycles. The number of nitrogens with two attached hydrogens (primary N) is 1. The summed E-state index contributed by atoms with van der Waals surface area (Å²) in [5, 5.41) is 0. The Kier molecular flexibility index (Phi) is 4.00. The van der Waals surface area contributed by atoms with E-state index in [-0.39, 0.29) is 16.7 Å². The number of benzene rings is 2. The molecule has 112 valence electrons.